The Hall–Kier alpha value is -2.45. The van der Waals surface area contributed by atoms with Gasteiger partial charge in [0, 0.05) is 29.3 Å². The second kappa shape index (κ2) is 8.96. The van der Waals surface area contributed by atoms with E-state index < -0.39 is 0 Å². The van der Waals surface area contributed by atoms with E-state index in [1.54, 1.807) is 13.1 Å². The maximum absolute atomic E-state index is 12.1. The van der Waals surface area contributed by atoms with Crippen LogP contribution < -0.4 is 10.9 Å². The number of nitrogens with zero attached hydrogens (tertiary/aromatic N) is 2. The van der Waals surface area contributed by atoms with Crippen LogP contribution >= 0.6 is 23.1 Å². The second-order valence-corrected chi connectivity index (χ2v) is 8.09. The number of hydrogen-bond acceptors (Lipinski definition) is 6. The predicted octanol–water partition coefficient (Wildman–Crippen LogP) is 3.42. The lowest BCUT2D eigenvalue weighted by molar-refractivity contribution is -0.113. The molecular weight excluding hydrogens is 380 g/mol. The van der Waals surface area contributed by atoms with E-state index in [1.165, 1.54) is 40.3 Å². The van der Waals surface area contributed by atoms with Crippen LogP contribution in [-0.2, 0) is 17.6 Å². The monoisotopic (exact) mass is 400 g/mol. The molecule has 2 aromatic heterocycles. The van der Waals surface area contributed by atoms with Crippen molar-refractivity contribution in [2.75, 3.05) is 11.1 Å². The van der Waals surface area contributed by atoms with Gasteiger partial charge in [0.2, 0.25) is 5.91 Å². The lowest BCUT2D eigenvalue weighted by Crippen LogP contribution is -2.15. The Balaban J connectivity index is 1.53. The molecule has 0 radical (unpaired) electrons. The maximum Gasteiger partial charge on any atom is 0.251 e. The van der Waals surface area contributed by atoms with Crippen LogP contribution in [-0.4, -0.2) is 26.6 Å². The number of hydrogen-bond donors (Lipinski definition) is 2. The molecule has 0 aliphatic carbocycles. The number of aromatic amines is 1. The minimum Gasteiger partial charge on any atom is -0.301 e. The summed E-state index contributed by atoms with van der Waals surface area (Å²) in [6, 6.07) is 9.95. The number of aromatic nitrogens is 3. The van der Waals surface area contributed by atoms with Crippen molar-refractivity contribution < 1.29 is 4.79 Å². The summed E-state index contributed by atoms with van der Waals surface area (Å²) in [5.41, 5.74) is 2.94. The summed E-state index contributed by atoms with van der Waals surface area (Å²) >= 11 is 2.65. The van der Waals surface area contributed by atoms with Gasteiger partial charge in [0.05, 0.1) is 5.75 Å². The third-order valence-corrected chi connectivity index (χ3v) is 5.58. The van der Waals surface area contributed by atoms with E-state index in [4.69, 9.17) is 0 Å². The number of carbonyl (C=O) groups is 1. The molecule has 0 fully saturated rings. The molecule has 6 nitrogen and oxygen atoms in total. The zero-order valence-corrected chi connectivity index (χ0v) is 16.7. The number of thioether (sulfide) groups is 1. The number of anilines is 1. The van der Waals surface area contributed by atoms with E-state index >= 15 is 0 Å². The van der Waals surface area contributed by atoms with Gasteiger partial charge in [-0.1, -0.05) is 43.0 Å². The molecule has 0 aliphatic rings. The molecule has 2 heterocycles. The molecule has 0 unspecified atom stereocenters. The number of thiazole rings is 1. The fourth-order valence-corrected chi connectivity index (χ4v) is 4.03. The largest absolute Gasteiger partial charge is 0.301 e. The first-order chi connectivity index (χ1) is 13.0. The van der Waals surface area contributed by atoms with Crippen molar-refractivity contribution in [3.8, 4) is 0 Å². The molecule has 1 amide bonds. The van der Waals surface area contributed by atoms with Crippen molar-refractivity contribution in [3.05, 3.63) is 68.6 Å². The highest BCUT2D eigenvalue weighted by atomic mass is 32.2. The smallest absolute Gasteiger partial charge is 0.251 e. The Morgan fingerprint density at radius 2 is 2.00 bits per heavy atom. The molecule has 1 aromatic carbocycles. The van der Waals surface area contributed by atoms with Crippen molar-refractivity contribution >= 4 is 34.1 Å². The molecule has 8 heteroatoms. The zero-order chi connectivity index (χ0) is 19.2. The van der Waals surface area contributed by atoms with Crippen molar-refractivity contribution in [1.29, 1.82) is 0 Å². The van der Waals surface area contributed by atoms with E-state index in [0.29, 0.717) is 16.0 Å². The Kier molecular flexibility index (Phi) is 6.41. The zero-order valence-electron chi connectivity index (χ0n) is 15.1. The molecule has 0 atom stereocenters. The fraction of sp³-hybridized carbons (Fsp3) is 0.263. The standard InChI is InChI=1S/C19H20N4O2S2/c1-3-13-4-6-14(7-5-13)9-15-10-20-18(27-15)23-17(25)11-26-19-21-12(2)8-16(24)22-19/h4-8,10H,3,9,11H2,1-2H3,(H,20,23,25)(H,21,22,24). The van der Waals surface area contributed by atoms with Crippen molar-refractivity contribution in [1.82, 2.24) is 15.0 Å². The van der Waals surface area contributed by atoms with Crippen LogP contribution in [0.2, 0.25) is 0 Å². The van der Waals surface area contributed by atoms with Gasteiger partial charge in [-0.3, -0.25) is 9.59 Å². The first-order valence-electron chi connectivity index (χ1n) is 8.55. The Bertz CT molecular complexity index is 980. The van der Waals surface area contributed by atoms with Crippen LogP contribution in [0.4, 0.5) is 5.13 Å². The van der Waals surface area contributed by atoms with Crippen LogP contribution in [0.1, 0.15) is 28.6 Å². The summed E-state index contributed by atoms with van der Waals surface area (Å²) in [7, 11) is 0. The van der Waals surface area contributed by atoms with Crippen LogP contribution in [0, 0.1) is 6.92 Å². The summed E-state index contributed by atoms with van der Waals surface area (Å²) in [5.74, 6) is -0.0304. The van der Waals surface area contributed by atoms with E-state index in [0.717, 1.165) is 17.7 Å². The minimum absolute atomic E-state index is 0.153. The first-order valence-corrected chi connectivity index (χ1v) is 10.3. The van der Waals surface area contributed by atoms with Crippen LogP contribution in [0.15, 0.2) is 46.5 Å². The van der Waals surface area contributed by atoms with Crippen molar-refractivity contribution in [2.45, 2.75) is 31.8 Å². The summed E-state index contributed by atoms with van der Waals surface area (Å²) in [6.45, 7) is 3.88. The third-order valence-electron chi connectivity index (χ3n) is 3.80. The summed E-state index contributed by atoms with van der Waals surface area (Å²) in [5, 5.41) is 3.80. The second-order valence-electron chi connectivity index (χ2n) is 6.01. The van der Waals surface area contributed by atoms with Crippen LogP contribution in [0.3, 0.4) is 0 Å². The molecule has 27 heavy (non-hydrogen) atoms. The number of carbonyl (C=O) groups excluding carboxylic acids is 1. The van der Waals surface area contributed by atoms with Crippen LogP contribution in [0.5, 0.6) is 0 Å². The predicted molar refractivity (Wildman–Crippen MR) is 110 cm³/mol. The van der Waals surface area contributed by atoms with Gasteiger partial charge in [0.1, 0.15) is 0 Å². The van der Waals surface area contributed by atoms with Gasteiger partial charge in [-0.2, -0.15) is 0 Å². The topological polar surface area (TPSA) is 87.7 Å². The van der Waals surface area contributed by atoms with Gasteiger partial charge in [0.25, 0.3) is 5.56 Å². The Labute approximate surface area is 165 Å². The third kappa shape index (κ3) is 5.77. The molecule has 3 aromatic rings. The van der Waals surface area contributed by atoms with Crippen molar-refractivity contribution in [2.24, 2.45) is 0 Å². The fourth-order valence-electron chi connectivity index (χ4n) is 2.45. The molecule has 0 spiro atoms. The molecule has 3 rings (SSSR count). The maximum atomic E-state index is 12.1. The lowest BCUT2D eigenvalue weighted by atomic mass is 10.1. The highest BCUT2D eigenvalue weighted by molar-refractivity contribution is 7.99. The van der Waals surface area contributed by atoms with E-state index in [1.807, 2.05) is 0 Å². The van der Waals surface area contributed by atoms with E-state index in [2.05, 4.69) is 51.5 Å². The normalized spacial score (nSPS) is 10.7. The van der Waals surface area contributed by atoms with Gasteiger partial charge >= 0.3 is 0 Å². The highest BCUT2D eigenvalue weighted by Gasteiger charge is 2.09. The first kappa shape index (κ1) is 19.3. The van der Waals surface area contributed by atoms with Gasteiger partial charge in [-0.25, -0.2) is 9.97 Å². The summed E-state index contributed by atoms with van der Waals surface area (Å²) < 4.78 is 0. The molecule has 0 saturated carbocycles. The van der Waals surface area contributed by atoms with Gasteiger partial charge < -0.3 is 10.3 Å². The van der Waals surface area contributed by atoms with Gasteiger partial charge in [0.15, 0.2) is 10.3 Å². The number of amides is 1. The van der Waals surface area contributed by atoms with Crippen LogP contribution in [0.25, 0.3) is 0 Å². The molecule has 0 bridgehead atoms. The SMILES string of the molecule is CCc1ccc(Cc2cnc(NC(=O)CSc3nc(C)cc(=O)[nH]3)s2)cc1. The number of nitrogens with one attached hydrogen (secondary N) is 2. The molecule has 140 valence electrons. The Morgan fingerprint density at radius 1 is 1.26 bits per heavy atom. The van der Waals surface area contributed by atoms with E-state index in [-0.39, 0.29) is 17.2 Å². The van der Waals surface area contributed by atoms with Gasteiger partial charge in [-0.05, 0) is 24.5 Å². The van der Waals surface area contributed by atoms with Gasteiger partial charge in [-0.15, -0.1) is 11.3 Å². The number of H-pyrrole nitrogens is 1. The Morgan fingerprint density at radius 3 is 2.70 bits per heavy atom. The molecule has 0 saturated heterocycles. The van der Waals surface area contributed by atoms with E-state index in [9.17, 15) is 9.59 Å². The lowest BCUT2D eigenvalue weighted by Gasteiger charge is -2.02. The summed E-state index contributed by atoms with van der Waals surface area (Å²) in [4.78, 5) is 35.7. The number of benzene rings is 1. The van der Waals surface area contributed by atoms with Crippen molar-refractivity contribution in [3.63, 3.8) is 0 Å². The average Bonchev–Trinajstić information content (AvgIpc) is 3.06. The number of aryl methyl sites for hydroxylation is 2. The molecular formula is C19H20N4O2S2. The molecule has 2 N–H and O–H groups in total. The number of rotatable bonds is 7. The molecule has 0 aliphatic heterocycles. The minimum atomic E-state index is -0.220. The quantitative estimate of drug-likeness (QED) is 0.469. The summed E-state index contributed by atoms with van der Waals surface area (Å²) in [6.07, 6.45) is 3.61. The highest BCUT2D eigenvalue weighted by Crippen LogP contribution is 2.22. The average molecular weight is 401 g/mol.